The van der Waals surface area contributed by atoms with E-state index >= 15 is 0 Å². The highest BCUT2D eigenvalue weighted by atomic mass is 19.4. The van der Waals surface area contributed by atoms with Crippen molar-refractivity contribution < 1.29 is 22.7 Å². The number of halogens is 3. The van der Waals surface area contributed by atoms with Crippen LogP contribution in [0.1, 0.15) is 11.3 Å². The smallest absolute Gasteiger partial charge is 0.433 e. The van der Waals surface area contributed by atoms with Crippen molar-refractivity contribution in [1.82, 2.24) is 4.98 Å². The van der Waals surface area contributed by atoms with Gasteiger partial charge in [0, 0.05) is 6.42 Å². The predicted octanol–water partition coefficient (Wildman–Crippen LogP) is 3.04. The summed E-state index contributed by atoms with van der Waals surface area (Å²) in [6.07, 6.45) is -4.95. The number of rotatable bonds is 2. The molecule has 0 saturated carbocycles. The van der Waals surface area contributed by atoms with Crippen LogP contribution in [0.3, 0.4) is 0 Å². The summed E-state index contributed by atoms with van der Waals surface area (Å²) < 4.78 is 43.2. The number of hydrogen-bond donors (Lipinski definition) is 1. The van der Waals surface area contributed by atoms with Gasteiger partial charge in [-0.25, -0.2) is 4.98 Å². The molecule has 1 amide bonds. The van der Waals surface area contributed by atoms with Crippen molar-refractivity contribution in [3.05, 3.63) is 53.7 Å². The maximum atomic E-state index is 12.6. The molecule has 1 aliphatic rings. The van der Waals surface area contributed by atoms with E-state index < -0.39 is 23.9 Å². The van der Waals surface area contributed by atoms with Gasteiger partial charge < -0.3 is 10.1 Å². The van der Waals surface area contributed by atoms with E-state index in [2.05, 4.69) is 10.3 Å². The normalized spacial score (nSPS) is 16.8. The van der Waals surface area contributed by atoms with Gasteiger partial charge in [-0.3, -0.25) is 4.79 Å². The molecule has 1 aromatic carbocycles. The topological polar surface area (TPSA) is 51.2 Å². The van der Waals surface area contributed by atoms with Gasteiger partial charge in [0.25, 0.3) is 5.91 Å². The largest absolute Gasteiger partial charge is 0.480 e. The Morgan fingerprint density at radius 2 is 1.95 bits per heavy atom. The quantitative estimate of drug-likeness (QED) is 0.927. The van der Waals surface area contributed by atoms with Crippen LogP contribution in [-0.4, -0.2) is 17.0 Å². The maximum absolute atomic E-state index is 12.6. The number of nitrogens with one attached hydrogen (secondary N) is 1. The van der Waals surface area contributed by atoms with Gasteiger partial charge >= 0.3 is 6.18 Å². The minimum absolute atomic E-state index is 0.153. The summed E-state index contributed by atoms with van der Waals surface area (Å²) >= 11 is 0. The second-order valence-corrected chi connectivity index (χ2v) is 4.81. The zero-order valence-electron chi connectivity index (χ0n) is 11.2. The molecule has 0 fully saturated rings. The highest BCUT2D eigenvalue weighted by Gasteiger charge is 2.33. The molecule has 2 heterocycles. The molecular formula is C15H11F3N2O2. The molecule has 22 heavy (non-hydrogen) atoms. The number of alkyl halides is 3. The Kier molecular flexibility index (Phi) is 3.48. The van der Waals surface area contributed by atoms with Crippen LogP contribution in [0.4, 0.5) is 19.0 Å². The minimum atomic E-state index is -4.55. The van der Waals surface area contributed by atoms with Crippen molar-refractivity contribution in [2.75, 3.05) is 5.32 Å². The fraction of sp³-hybridized carbons (Fsp3) is 0.200. The number of amides is 1. The minimum Gasteiger partial charge on any atom is -0.480 e. The molecule has 1 aliphatic heterocycles. The molecule has 0 radical (unpaired) electrons. The lowest BCUT2D eigenvalue weighted by atomic mass is 10.1. The summed E-state index contributed by atoms with van der Waals surface area (Å²) in [5, 5.41) is 2.36. The summed E-state index contributed by atoms with van der Waals surface area (Å²) in [7, 11) is 0. The van der Waals surface area contributed by atoms with Crippen molar-refractivity contribution in [2.24, 2.45) is 0 Å². The number of anilines is 1. The number of carbonyl (C=O) groups is 1. The van der Waals surface area contributed by atoms with E-state index in [0.29, 0.717) is 12.2 Å². The highest BCUT2D eigenvalue weighted by Crippen LogP contribution is 2.30. The number of carbonyl (C=O) groups excluding carboxylic acids is 1. The van der Waals surface area contributed by atoms with Gasteiger partial charge in [0.05, 0.1) is 0 Å². The molecule has 0 aliphatic carbocycles. The summed E-state index contributed by atoms with van der Waals surface area (Å²) in [6.45, 7) is 0. The zero-order chi connectivity index (χ0) is 15.7. The first-order valence-electron chi connectivity index (χ1n) is 6.53. The fourth-order valence-corrected chi connectivity index (χ4v) is 2.20. The van der Waals surface area contributed by atoms with Gasteiger partial charge in [0.2, 0.25) is 0 Å². The van der Waals surface area contributed by atoms with Crippen LogP contribution in [0.15, 0.2) is 42.5 Å². The molecule has 0 spiro atoms. The lowest BCUT2D eigenvalue weighted by Gasteiger charge is -2.12. The van der Waals surface area contributed by atoms with Crippen LogP contribution >= 0.6 is 0 Å². The third-order valence-corrected chi connectivity index (χ3v) is 3.23. The number of nitrogens with zero attached hydrogens (tertiary/aromatic N) is 1. The van der Waals surface area contributed by atoms with Gasteiger partial charge in [-0.15, -0.1) is 0 Å². The third-order valence-electron chi connectivity index (χ3n) is 3.23. The summed E-state index contributed by atoms with van der Waals surface area (Å²) in [6, 6.07) is 10.5. The number of para-hydroxylation sites is 1. The summed E-state index contributed by atoms with van der Waals surface area (Å²) in [4.78, 5) is 15.5. The van der Waals surface area contributed by atoms with Gasteiger partial charge in [0.15, 0.2) is 6.10 Å². The Morgan fingerprint density at radius 3 is 2.68 bits per heavy atom. The van der Waals surface area contributed by atoms with E-state index in [1.165, 1.54) is 12.1 Å². The Hall–Kier alpha value is -2.57. The van der Waals surface area contributed by atoms with E-state index in [9.17, 15) is 18.0 Å². The van der Waals surface area contributed by atoms with Crippen LogP contribution < -0.4 is 10.1 Å². The summed E-state index contributed by atoms with van der Waals surface area (Å²) in [5.41, 5.74) is -0.166. The van der Waals surface area contributed by atoms with Crippen LogP contribution in [-0.2, 0) is 17.4 Å². The first kappa shape index (κ1) is 14.4. The van der Waals surface area contributed by atoms with Crippen LogP contribution in [0.2, 0.25) is 0 Å². The second kappa shape index (κ2) is 5.32. The first-order chi connectivity index (χ1) is 10.4. The molecule has 1 N–H and O–H groups in total. The van der Waals surface area contributed by atoms with Crippen molar-refractivity contribution in [2.45, 2.75) is 18.7 Å². The zero-order valence-corrected chi connectivity index (χ0v) is 11.2. The molecule has 114 valence electrons. The number of aromatic nitrogens is 1. The molecule has 3 rings (SSSR count). The van der Waals surface area contributed by atoms with Gasteiger partial charge in [-0.2, -0.15) is 13.2 Å². The molecule has 2 aromatic rings. The van der Waals surface area contributed by atoms with Crippen molar-refractivity contribution in [1.29, 1.82) is 0 Å². The van der Waals surface area contributed by atoms with E-state index in [1.807, 2.05) is 12.1 Å². The maximum Gasteiger partial charge on any atom is 0.433 e. The van der Waals surface area contributed by atoms with Crippen molar-refractivity contribution in [3.8, 4) is 5.75 Å². The van der Waals surface area contributed by atoms with Crippen molar-refractivity contribution in [3.63, 3.8) is 0 Å². The molecule has 1 aromatic heterocycles. The molecular weight excluding hydrogens is 297 g/mol. The van der Waals surface area contributed by atoms with Crippen molar-refractivity contribution >= 4 is 11.7 Å². The van der Waals surface area contributed by atoms with Gasteiger partial charge in [0.1, 0.15) is 17.3 Å². The lowest BCUT2D eigenvalue weighted by Crippen LogP contribution is -2.31. The van der Waals surface area contributed by atoms with Gasteiger partial charge in [-0.1, -0.05) is 24.3 Å². The first-order valence-corrected chi connectivity index (χ1v) is 6.53. The van der Waals surface area contributed by atoms with Crippen LogP contribution in [0.25, 0.3) is 0 Å². The molecule has 1 atom stereocenters. The van der Waals surface area contributed by atoms with E-state index in [1.54, 1.807) is 12.1 Å². The Morgan fingerprint density at radius 1 is 1.18 bits per heavy atom. The standard InChI is InChI=1S/C15H11F3N2O2/c16-15(17,18)12-6-3-7-13(19-12)20-14(21)11-8-9-4-1-2-5-10(9)22-11/h1-7,11H,8H2,(H,19,20,21)/t11-/m1/s1. The number of hydrogen-bond acceptors (Lipinski definition) is 3. The molecule has 4 nitrogen and oxygen atoms in total. The van der Waals surface area contributed by atoms with Crippen LogP contribution in [0.5, 0.6) is 5.75 Å². The van der Waals surface area contributed by atoms with E-state index in [0.717, 1.165) is 11.6 Å². The number of ether oxygens (including phenoxy) is 1. The second-order valence-electron chi connectivity index (χ2n) is 4.81. The van der Waals surface area contributed by atoms with Gasteiger partial charge in [-0.05, 0) is 23.8 Å². The molecule has 0 saturated heterocycles. The number of fused-ring (bicyclic) bond motifs is 1. The Balaban J connectivity index is 1.71. The van der Waals surface area contributed by atoms with Crippen LogP contribution in [0, 0.1) is 0 Å². The molecule has 7 heteroatoms. The monoisotopic (exact) mass is 308 g/mol. The average molecular weight is 308 g/mol. The lowest BCUT2D eigenvalue weighted by molar-refractivity contribution is -0.141. The predicted molar refractivity (Wildman–Crippen MR) is 72.4 cm³/mol. The number of benzene rings is 1. The molecule has 0 bridgehead atoms. The van der Waals surface area contributed by atoms with E-state index in [-0.39, 0.29) is 5.82 Å². The third kappa shape index (κ3) is 2.88. The Bertz CT molecular complexity index is 691. The van der Waals surface area contributed by atoms with E-state index in [4.69, 9.17) is 4.74 Å². The fourth-order valence-electron chi connectivity index (χ4n) is 2.20. The average Bonchev–Trinajstić information content (AvgIpc) is 2.90. The highest BCUT2D eigenvalue weighted by molar-refractivity contribution is 5.94. The SMILES string of the molecule is O=C(Nc1cccc(C(F)(F)F)n1)[C@H]1Cc2ccccc2O1. The molecule has 0 unspecified atom stereocenters. The number of pyridine rings is 1. The summed E-state index contributed by atoms with van der Waals surface area (Å²) in [5.74, 6) is -0.0675. The Labute approximate surface area is 123 Å².